The molecule has 214 valence electrons. The monoisotopic (exact) mass is 621 g/mol. The average molecular weight is 621 g/mol. The molecule has 2 aromatic heterocycles. The van der Waals surface area contributed by atoms with Gasteiger partial charge in [0.2, 0.25) is 5.43 Å². The number of aromatic nitrogens is 3. The number of phosphoric acid groups is 3. The normalized spacial score (nSPS) is 25.8. The number of ether oxygens (including phenoxy) is 1. The summed E-state index contributed by atoms with van der Waals surface area (Å²) in [4.78, 5) is 64.6. The van der Waals surface area contributed by atoms with Gasteiger partial charge in [0, 0.05) is 6.20 Å². The summed E-state index contributed by atoms with van der Waals surface area (Å²) in [6.07, 6.45) is -12.9. The molecule has 7 N–H and O–H groups in total. The molecule has 1 aliphatic rings. The molecule has 0 saturated carbocycles. The SMILES string of the molecule is O=c1c(F)c(C(F)(F)F)[nH]c2nc(=O)n([C@@H]3O[C@H](COP(=O)(O)OP(=O)(O)OP(=O)(O)O)C(O)[C@@H]3O)cc12. The molecule has 0 aliphatic carbocycles. The van der Waals surface area contributed by atoms with Gasteiger partial charge in [0.05, 0.1) is 12.0 Å². The summed E-state index contributed by atoms with van der Waals surface area (Å²) < 4.78 is 103. The zero-order valence-corrected chi connectivity index (χ0v) is 20.4. The van der Waals surface area contributed by atoms with E-state index in [4.69, 9.17) is 19.4 Å². The van der Waals surface area contributed by atoms with Crippen molar-refractivity contribution >= 4 is 34.5 Å². The first-order valence-corrected chi connectivity index (χ1v) is 13.9. The Morgan fingerprint density at radius 1 is 1.05 bits per heavy atom. The minimum atomic E-state index is -5.88. The second-order valence-corrected chi connectivity index (χ2v) is 11.7. The molecule has 0 bridgehead atoms. The Bertz CT molecular complexity index is 1510. The van der Waals surface area contributed by atoms with Gasteiger partial charge in [-0.2, -0.15) is 26.8 Å². The van der Waals surface area contributed by atoms with E-state index in [1.54, 1.807) is 0 Å². The van der Waals surface area contributed by atoms with Crippen LogP contribution < -0.4 is 11.1 Å². The number of hydrogen-bond acceptors (Lipinski definition) is 12. The van der Waals surface area contributed by atoms with E-state index >= 15 is 0 Å². The van der Waals surface area contributed by atoms with Crippen LogP contribution in [0.25, 0.3) is 11.0 Å². The first-order valence-electron chi connectivity index (χ1n) is 9.34. The zero-order chi connectivity index (χ0) is 29.0. The van der Waals surface area contributed by atoms with Crippen LogP contribution in [0.4, 0.5) is 17.6 Å². The highest BCUT2D eigenvalue weighted by molar-refractivity contribution is 7.66. The van der Waals surface area contributed by atoms with Crippen molar-refractivity contribution in [1.82, 2.24) is 14.5 Å². The first kappa shape index (κ1) is 30.6. The number of alkyl halides is 3. The van der Waals surface area contributed by atoms with Crippen LogP contribution in [0.5, 0.6) is 0 Å². The fourth-order valence-electron chi connectivity index (χ4n) is 3.08. The molecule has 18 nitrogen and oxygen atoms in total. The lowest BCUT2D eigenvalue weighted by Crippen LogP contribution is -2.36. The molecule has 2 aromatic rings. The number of aromatic amines is 1. The number of aliphatic hydroxyl groups excluding tert-OH is 2. The van der Waals surface area contributed by atoms with Crippen LogP contribution in [-0.2, 0) is 37.8 Å². The Hall–Kier alpha value is -1.90. The highest BCUT2D eigenvalue weighted by Crippen LogP contribution is 2.66. The van der Waals surface area contributed by atoms with Crippen LogP contribution in [0.2, 0.25) is 0 Å². The van der Waals surface area contributed by atoms with Gasteiger partial charge in [0.25, 0.3) is 0 Å². The van der Waals surface area contributed by atoms with Crippen LogP contribution in [0.3, 0.4) is 0 Å². The summed E-state index contributed by atoms with van der Waals surface area (Å²) in [5, 5.41) is 19.4. The number of H-pyrrole nitrogens is 1. The number of nitrogens with one attached hydrogen (secondary N) is 1. The molecule has 3 heterocycles. The summed E-state index contributed by atoms with van der Waals surface area (Å²) in [5.74, 6) is -2.27. The van der Waals surface area contributed by atoms with E-state index in [1.165, 1.54) is 4.98 Å². The van der Waals surface area contributed by atoms with Gasteiger partial charge in [0.15, 0.2) is 17.7 Å². The van der Waals surface area contributed by atoms with Crippen LogP contribution in [0, 0.1) is 5.82 Å². The molecular weight excluding hydrogens is 607 g/mol. The highest BCUT2D eigenvalue weighted by atomic mass is 31.3. The number of aliphatic hydroxyl groups is 2. The Kier molecular flexibility index (Phi) is 8.27. The van der Waals surface area contributed by atoms with Gasteiger partial charge >= 0.3 is 35.3 Å². The van der Waals surface area contributed by atoms with Crippen LogP contribution in [-0.4, -0.2) is 69.2 Å². The predicted octanol–water partition coefficient (Wildman–Crippen LogP) is -0.795. The molecule has 6 atom stereocenters. The molecule has 0 amide bonds. The number of pyridine rings is 1. The number of halogens is 4. The third-order valence-corrected chi connectivity index (χ3v) is 8.37. The van der Waals surface area contributed by atoms with Gasteiger partial charge in [-0.15, -0.1) is 0 Å². The Morgan fingerprint density at radius 3 is 2.21 bits per heavy atom. The van der Waals surface area contributed by atoms with Gasteiger partial charge < -0.3 is 39.5 Å². The van der Waals surface area contributed by atoms with Crippen molar-refractivity contribution in [2.24, 2.45) is 0 Å². The number of nitrogens with zero attached hydrogens (tertiary/aromatic N) is 2. The average Bonchev–Trinajstić information content (AvgIpc) is 2.99. The minimum absolute atomic E-state index is 0.281. The van der Waals surface area contributed by atoms with E-state index in [9.17, 15) is 56.0 Å². The third-order valence-electron chi connectivity index (χ3n) is 4.57. The first-order chi connectivity index (χ1) is 17.1. The summed E-state index contributed by atoms with van der Waals surface area (Å²) in [7, 11) is -17.2. The molecule has 0 spiro atoms. The molecule has 1 saturated heterocycles. The molecule has 1 fully saturated rings. The molecule has 0 aromatic carbocycles. The number of phosphoric ester groups is 1. The zero-order valence-electron chi connectivity index (χ0n) is 17.7. The van der Waals surface area contributed by atoms with Gasteiger partial charge in [0.1, 0.15) is 24.0 Å². The lowest BCUT2D eigenvalue weighted by molar-refractivity contribution is -0.143. The summed E-state index contributed by atoms with van der Waals surface area (Å²) in [5.41, 5.74) is -6.41. The topological polar surface area (TPSA) is 277 Å². The summed E-state index contributed by atoms with van der Waals surface area (Å²) in [6, 6.07) is 0. The molecule has 38 heavy (non-hydrogen) atoms. The maximum Gasteiger partial charge on any atom is 0.490 e. The standard InChI is InChI=1S/C13H14F4N3O15P3/c14-5-6(21)3-1-20(12(24)19-10(3)18-9(5)13(15,16)17)11-8(23)7(22)4(33-11)2-32-37(28,29)35-38(30,31)34-36(25,26)27/h1,4,7-8,11,22-23H,2H2,(H,28,29)(H,30,31)(H,18,19,24)(H2,25,26,27)/t4-,7?,8+,11-/m1/s1. The van der Waals surface area contributed by atoms with E-state index in [0.717, 1.165) is 0 Å². The Balaban J connectivity index is 1.84. The van der Waals surface area contributed by atoms with Crippen LogP contribution in [0.15, 0.2) is 15.8 Å². The van der Waals surface area contributed by atoms with Crippen molar-refractivity contribution in [1.29, 1.82) is 0 Å². The van der Waals surface area contributed by atoms with Crippen LogP contribution >= 0.6 is 23.5 Å². The highest BCUT2D eigenvalue weighted by Gasteiger charge is 2.47. The number of hydrogen-bond donors (Lipinski definition) is 7. The van der Waals surface area contributed by atoms with Crippen LogP contribution in [0.1, 0.15) is 11.9 Å². The van der Waals surface area contributed by atoms with E-state index in [-0.39, 0.29) is 4.57 Å². The second kappa shape index (κ2) is 10.3. The number of fused-ring (bicyclic) bond motifs is 1. The van der Waals surface area contributed by atoms with Gasteiger partial charge in [-0.25, -0.2) is 22.9 Å². The molecule has 1 aliphatic heterocycles. The second-order valence-electron chi connectivity index (χ2n) is 7.27. The van der Waals surface area contributed by atoms with Gasteiger partial charge in [-0.3, -0.25) is 13.9 Å². The largest absolute Gasteiger partial charge is 0.490 e. The smallest absolute Gasteiger partial charge is 0.387 e. The van der Waals surface area contributed by atoms with Gasteiger partial charge in [-0.05, 0) is 0 Å². The third kappa shape index (κ3) is 6.80. The van der Waals surface area contributed by atoms with Crippen molar-refractivity contribution in [2.45, 2.75) is 30.7 Å². The lowest BCUT2D eigenvalue weighted by atomic mass is 10.1. The summed E-state index contributed by atoms with van der Waals surface area (Å²) in [6.45, 7) is -1.27. The molecular formula is C13H14F4N3O15P3. The number of rotatable bonds is 8. The fraction of sp³-hybridized carbons (Fsp3) is 0.462. The molecule has 3 unspecified atom stereocenters. The van der Waals surface area contributed by atoms with E-state index in [2.05, 4.69) is 18.1 Å². The molecule has 25 heteroatoms. The summed E-state index contributed by atoms with van der Waals surface area (Å²) >= 11 is 0. The fourth-order valence-corrected chi connectivity index (χ4v) is 6.11. The van der Waals surface area contributed by atoms with Crippen molar-refractivity contribution < 1.29 is 78.9 Å². The van der Waals surface area contributed by atoms with Crippen molar-refractivity contribution in [3.05, 3.63) is 38.4 Å². The van der Waals surface area contributed by atoms with Gasteiger partial charge in [-0.1, -0.05) is 0 Å². The Labute approximate surface area is 204 Å². The van der Waals surface area contributed by atoms with Crippen molar-refractivity contribution in [3.8, 4) is 0 Å². The van der Waals surface area contributed by atoms with E-state index in [0.29, 0.717) is 6.20 Å². The van der Waals surface area contributed by atoms with E-state index < -0.39 is 94.5 Å². The molecule has 0 radical (unpaired) electrons. The maximum atomic E-state index is 14.0. The van der Waals surface area contributed by atoms with Crippen molar-refractivity contribution in [2.75, 3.05) is 6.61 Å². The van der Waals surface area contributed by atoms with E-state index in [1.807, 2.05) is 0 Å². The lowest BCUT2D eigenvalue weighted by Gasteiger charge is -2.19. The predicted molar refractivity (Wildman–Crippen MR) is 107 cm³/mol. The Morgan fingerprint density at radius 2 is 1.66 bits per heavy atom. The van der Waals surface area contributed by atoms with Crippen molar-refractivity contribution in [3.63, 3.8) is 0 Å². The quantitative estimate of drug-likeness (QED) is 0.140. The minimum Gasteiger partial charge on any atom is -0.387 e. The maximum absolute atomic E-state index is 14.0. The molecule has 3 rings (SSSR count).